The first kappa shape index (κ1) is 10.7. The smallest absolute Gasteiger partial charge is 0.163 e. The first-order valence-electron chi connectivity index (χ1n) is 3.39. The molecule has 0 amide bonds. The summed E-state index contributed by atoms with van der Waals surface area (Å²) in [5.41, 5.74) is -0.301. The van der Waals surface area contributed by atoms with Gasteiger partial charge in [0.2, 0.25) is 0 Å². The molecular weight excluding hydrogens is 224 g/mol. The van der Waals surface area contributed by atoms with E-state index in [1.54, 1.807) is 0 Å². The van der Waals surface area contributed by atoms with E-state index in [9.17, 15) is 13.2 Å². The Bertz CT molecular complexity index is 326. The van der Waals surface area contributed by atoms with Gasteiger partial charge in [0.1, 0.15) is 5.82 Å². The molecule has 0 aliphatic rings. The lowest BCUT2D eigenvalue weighted by Gasteiger charge is -2.07. The number of rotatable bonds is 2. The molecule has 5 heteroatoms. The van der Waals surface area contributed by atoms with E-state index < -0.39 is 17.5 Å². The van der Waals surface area contributed by atoms with Crippen molar-refractivity contribution in [1.29, 1.82) is 0 Å². The predicted octanol–water partition coefficient (Wildman–Crippen LogP) is 3.58. The van der Waals surface area contributed by atoms with Crippen molar-refractivity contribution in [2.75, 3.05) is 0 Å². The first-order chi connectivity index (χ1) is 6.11. The molecule has 1 aromatic rings. The van der Waals surface area contributed by atoms with Gasteiger partial charge in [-0.15, -0.1) is 23.2 Å². The lowest BCUT2D eigenvalue weighted by atomic mass is 10.1. The summed E-state index contributed by atoms with van der Waals surface area (Å²) in [6.45, 7) is 0. The minimum absolute atomic E-state index is 0.0874. The molecule has 0 radical (unpaired) electrons. The third-order valence-corrected chi connectivity index (χ3v) is 2.18. The van der Waals surface area contributed by atoms with Crippen LogP contribution in [-0.2, 0) is 11.8 Å². The normalized spacial score (nSPS) is 10.5. The Morgan fingerprint density at radius 1 is 0.923 bits per heavy atom. The number of hydrogen-bond donors (Lipinski definition) is 0. The highest BCUT2D eigenvalue weighted by atomic mass is 35.5. The average molecular weight is 229 g/mol. The lowest BCUT2D eigenvalue weighted by Crippen LogP contribution is -2.01. The topological polar surface area (TPSA) is 0 Å². The molecule has 0 saturated carbocycles. The molecule has 0 aliphatic carbocycles. The van der Waals surface area contributed by atoms with Crippen LogP contribution >= 0.6 is 23.2 Å². The van der Waals surface area contributed by atoms with Gasteiger partial charge in [-0.3, -0.25) is 0 Å². The fraction of sp³-hybridized carbons (Fsp3) is 0.250. The zero-order valence-electron chi connectivity index (χ0n) is 6.38. The standard InChI is InChI=1S/C8H5Cl2F3/c9-2-4-5(3-10)8(13)7(12)1-6(4)11/h1H,2-3H2. The zero-order valence-corrected chi connectivity index (χ0v) is 7.89. The van der Waals surface area contributed by atoms with Crippen molar-refractivity contribution in [2.45, 2.75) is 11.8 Å². The summed E-state index contributed by atoms with van der Waals surface area (Å²) >= 11 is 10.7. The summed E-state index contributed by atoms with van der Waals surface area (Å²) < 4.78 is 38.5. The second-order valence-electron chi connectivity index (χ2n) is 2.38. The van der Waals surface area contributed by atoms with Crippen LogP contribution in [0.1, 0.15) is 11.1 Å². The number of alkyl halides is 2. The van der Waals surface area contributed by atoms with Gasteiger partial charge in [0.15, 0.2) is 11.6 Å². The molecule has 0 aromatic heterocycles. The Morgan fingerprint density at radius 2 is 1.46 bits per heavy atom. The van der Waals surface area contributed by atoms with E-state index >= 15 is 0 Å². The quantitative estimate of drug-likeness (QED) is 0.537. The summed E-state index contributed by atoms with van der Waals surface area (Å²) in [6.07, 6.45) is 0. The van der Waals surface area contributed by atoms with Gasteiger partial charge in [-0.05, 0) is 0 Å². The van der Waals surface area contributed by atoms with Gasteiger partial charge < -0.3 is 0 Å². The average Bonchev–Trinajstić information content (AvgIpc) is 2.10. The van der Waals surface area contributed by atoms with Crippen molar-refractivity contribution in [3.05, 3.63) is 34.6 Å². The summed E-state index contributed by atoms with van der Waals surface area (Å²) in [7, 11) is 0. The number of hydrogen-bond acceptors (Lipinski definition) is 0. The van der Waals surface area contributed by atoms with Gasteiger partial charge in [0, 0.05) is 17.2 Å². The highest BCUT2D eigenvalue weighted by Gasteiger charge is 2.16. The summed E-state index contributed by atoms with van der Waals surface area (Å²) in [5.74, 6) is -3.79. The van der Waals surface area contributed by atoms with Crippen LogP contribution in [0.5, 0.6) is 0 Å². The van der Waals surface area contributed by atoms with Crippen molar-refractivity contribution < 1.29 is 13.2 Å². The monoisotopic (exact) mass is 228 g/mol. The van der Waals surface area contributed by atoms with E-state index in [1.165, 1.54) is 0 Å². The van der Waals surface area contributed by atoms with Crippen molar-refractivity contribution in [3.8, 4) is 0 Å². The number of halogens is 5. The van der Waals surface area contributed by atoms with E-state index in [1.807, 2.05) is 0 Å². The van der Waals surface area contributed by atoms with E-state index in [2.05, 4.69) is 0 Å². The van der Waals surface area contributed by atoms with Crippen molar-refractivity contribution in [3.63, 3.8) is 0 Å². The van der Waals surface area contributed by atoms with Gasteiger partial charge >= 0.3 is 0 Å². The van der Waals surface area contributed by atoms with E-state index in [0.29, 0.717) is 6.07 Å². The molecule has 13 heavy (non-hydrogen) atoms. The van der Waals surface area contributed by atoms with Crippen LogP contribution in [0.4, 0.5) is 13.2 Å². The third-order valence-electron chi connectivity index (χ3n) is 1.65. The Hall–Kier alpha value is -0.410. The van der Waals surface area contributed by atoms with Gasteiger partial charge in [-0.1, -0.05) is 0 Å². The highest BCUT2D eigenvalue weighted by molar-refractivity contribution is 6.18. The van der Waals surface area contributed by atoms with Gasteiger partial charge in [0.25, 0.3) is 0 Å². The molecule has 1 aromatic carbocycles. The van der Waals surface area contributed by atoms with Crippen molar-refractivity contribution >= 4 is 23.2 Å². The van der Waals surface area contributed by atoms with Crippen LogP contribution in [0.3, 0.4) is 0 Å². The van der Waals surface area contributed by atoms with Crippen LogP contribution in [-0.4, -0.2) is 0 Å². The molecule has 72 valence electrons. The molecule has 0 atom stereocenters. The Morgan fingerprint density at radius 3 is 1.92 bits per heavy atom. The lowest BCUT2D eigenvalue weighted by molar-refractivity contribution is 0.484. The van der Waals surface area contributed by atoms with Crippen LogP contribution < -0.4 is 0 Å². The largest absolute Gasteiger partial charge is 0.207 e. The first-order valence-corrected chi connectivity index (χ1v) is 4.45. The van der Waals surface area contributed by atoms with Crippen LogP contribution in [0.2, 0.25) is 0 Å². The van der Waals surface area contributed by atoms with Crippen LogP contribution in [0, 0.1) is 17.5 Å². The SMILES string of the molecule is Fc1cc(F)c(CCl)c(CCl)c1F. The Kier molecular flexibility index (Phi) is 3.45. The van der Waals surface area contributed by atoms with Gasteiger partial charge in [0.05, 0.1) is 11.8 Å². The number of benzene rings is 1. The predicted molar refractivity (Wildman–Crippen MR) is 45.4 cm³/mol. The third kappa shape index (κ3) is 1.92. The zero-order chi connectivity index (χ0) is 10.0. The van der Waals surface area contributed by atoms with Crippen LogP contribution in [0.15, 0.2) is 6.07 Å². The molecule has 1 rings (SSSR count). The van der Waals surface area contributed by atoms with E-state index in [0.717, 1.165) is 0 Å². The maximum absolute atomic E-state index is 12.9. The molecule has 0 heterocycles. The van der Waals surface area contributed by atoms with Crippen molar-refractivity contribution in [1.82, 2.24) is 0 Å². The summed E-state index contributed by atoms with van der Waals surface area (Å²) in [6, 6.07) is 0.461. The Labute approximate surface area is 83.3 Å². The molecule has 0 aliphatic heterocycles. The van der Waals surface area contributed by atoms with E-state index in [-0.39, 0.29) is 22.9 Å². The van der Waals surface area contributed by atoms with E-state index in [4.69, 9.17) is 23.2 Å². The summed E-state index contributed by atoms with van der Waals surface area (Å²) in [5, 5.41) is 0. The maximum Gasteiger partial charge on any atom is 0.163 e. The fourth-order valence-corrected chi connectivity index (χ4v) is 1.53. The molecule has 0 bridgehead atoms. The molecular formula is C8H5Cl2F3. The molecule has 0 spiro atoms. The molecule has 0 N–H and O–H groups in total. The molecule has 0 unspecified atom stereocenters. The molecule has 0 fully saturated rings. The van der Waals surface area contributed by atoms with Crippen molar-refractivity contribution in [2.24, 2.45) is 0 Å². The minimum atomic E-state index is -1.25. The second-order valence-corrected chi connectivity index (χ2v) is 2.91. The minimum Gasteiger partial charge on any atom is -0.207 e. The molecule has 0 nitrogen and oxygen atoms in total. The van der Waals surface area contributed by atoms with Gasteiger partial charge in [-0.2, -0.15) is 0 Å². The second kappa shape index (κ2) is 4.20. The summed E-state index contributed by atoms with van der Waals surface area (Å²) in [4.78, 5) is 0. The van der Waals surface area contributed by atoms with Crippen LogP contribution in [0.25, 0.3) is 0 Å². The fourth-order valence-electron chi connectivity index (χ4n) is 0.966. The maximum atomic E-state index is 12.9. The highest BCUT2D eigenvalue weighted by Crippen LogP contribution is 2.23. The molecule has 0 saturated heterocycles. The Balaban J connectivity index is 3.41. The van der Waals surface area contributed by atoms with Gasteiger partial charge in [-0.25, -0.2) is 13.2 Å².